The van der Waals surface area contributed by atoms with Crippen LogP contribution in [0.1, 0.15) is 155 Å². The third-order valence-corrected chi connectivity index (χ3v) is 11.3. The molecular formula is C62H99NO7P+. The lowest BCUT2D eigenvalue weighted by Crippen LogP contribution is -2.37. The highest BCUT2D eigenvalue weighted by atomic mass is 31.2. The fourth-order valence-electron chi connectivity index (χ4n) is 6.22. The molecule has 0 bridgehead atoms. The Morgan fingerprint density at radius 3 is 1.13 bits per heavy atom. The number of hydrogen-bond donors (Lipinski definition) is 1. The molecule has 0 rings (SSSR count). The molecule has 0 heterocycles. The van der Waals surface area contributed by atoms with Crippen LogP contribution >= 0.6 is 7.82 Å². The maximum Gasteiger partial charge on any atom is 0.472 e. The summed E-state index contributed by atoms with van der Waals surface area (Å²) in [6.07, 6.45) is 81.3. The first-order valence-electron chi connectivity index (χ1n) is 26.9. The molecule has 8 nitrogen and oxygen atoms in total. The largest absolute Gasteiger partial charge is 0.472 e. The molecule has 2 unspecified atom stereocenters. The van der Waals surface area contributed by atoms with Crippen molar-refractivity contribution in [1.82, 2.24) is 0 Å². The van der Waals surface area contributed by atoms with Crippen LogP contribution in [0.4, 0.5) is 0 Å². The number of rotatable bonds is 47. The first-order valence-corrected chi connectivity index (χ1v) is 28.4. The third kappa shape index (κ3) is 56.6. The summed E-state index contributed by atoms with van der Waals surface area (Å²) in [5, 5.41) is 0. The molecule has 1 N–H and O–H groups in total. The first-order chi connectivity index (χ1) is 34.6. The van der Waals surface area contributed by atoms with Gasteiger partial charge in [-0.25, -0.2) is 4.57 Å². The lowest BCUT2D eigenvalue weighted by Gasteiger charge is -2.24. The van der Waals surface area contributed by atoms with Gasteiger partial charge in [0.15, 0.2) is 0 Å². The Hall–Kier alpha value is -4.14. The minimum Gasteiger partial charge on any atom is -0.457 e. The molecule has 9 heteroatoms. The molecule has 0 radical (unpaired) electrons. The predicted octanol–water partition coefficient (Wildman–Crippen LogP) is 17.2. The monoisotopic (exact) mass is 1000 g/mol. The summed E-state index contributed by atoms with van der Waals surface area (Å²) >= 11 is 0. The van der Waals surface area contributed by atoms with Crippen molar-refractivity contribution in [3.8, 4) is 0 Å². The second-order valence-corrected chi connectivity index (χ2v) is 19.6. The Morgan fingerprint density at radius 1 is 0.437 bits per heavy atom. The van der Waals surface area contributed by atoms with E-state index in [9.17, 15) is 14.3 Å². The Bertz CT molecular complexity index is 1730. The van der Waals surface area contributed by atoms with E-state index in [0.29, 0.717) is 24.1 Å². The van der Waals surface area contributed by atoms with Gasteiger partial charge in [0.1, 0.15) is 19.3 Å². The normalized spacial score (nSPS) is 14.8. The van der Waals surface area contributed by atoms with E-state index in [1.165, 1.54) is 0 Å². The first kappa shape index (κ1) is 66.9. The Labute approximate surface area is 434 Å². The Balaban J connectivity index is 4.36. The van der Waals surface area contributed by atoms with Crippen LogP contribution in [0.5, 0.6) is 0 Å². The topological polar surface area (TPSA) is 91.3 Å². The molecule has 0 aliphatic carbocycles. The maximum atomic E-state index is 12.8. The molecule has 0 aliphatic heterocycles. The average molecular weight is 1000 g/mol. The number of carbonyl (C=O) groups is 1. The van der Waals surface area contributed by atoms with Crippen molar-refractivity contribution in [3.63, 3.8) is 0 Å². The molecule has 0 amide bonds. The highest BCUT2D eigenvalue weighted by Crippen LogP contribution is 2.43. The van der Waals surface area contributed by atoms with E-state index in [0.717, 1.165) is 128 Å². The number of unbranched alkanes of at least 4 members (excludes halogenated alkanes) is 5. The molecule has 0 aromatic heterocycles. The number of carbonyl (C=O) groups excluding carboxylic acids is 1. The predicted molar refractivity (Wildman–Crippen MR) is 306 cm³/mol. The maximum absolute atomic E-state index is 12.8. The number of ether oxygens (including phenoxy) is 2. The minimum absolute atomic E-state index is 0.0613. The van der Waals surface area contributed by atoms with Gasteiger partial charge in [0.25, 0.3) is 0 Å². The van der Waals surface area contributed by atoms with Crippen molar-refractivity contribution < 1.29 is 37.3 Å². The number of esters is 1. The highest BCUT2D eigenvalue weighted by molar-refractivity contribution is 7.47. The minimum atomic E-state index is -4.32. The van der Waals surface area contributed by atoms with Crippen LogP contribution in [-0.4, -0.2) is 75.6 Å². The molecule has 2 atom stereocenters. The van der Waals surface area contributed by atoms with Crippen LogP contribution in [0.25, 0.3) is 0 Å². The molecule has 0 aromatic carbocycles. The van der Waals surface area contributed by atoms with Gasteiger partial charge >= 0.3 is 13.8 Å². The number of allylic oxidation sites excluding steroid dienone is 28. The van der Waals surface area contributed by atoms with Crippen LogP contribution in [0.2, 0.25) is 0 Å². The second-order valence-electron chi connectivity index (χ2n) is 18.1. The number of likely N-dealkylation sites (N-methyl/N-ethyl adjacent to an activating group) is 1. The van der Waals surface area contributed by atoms with Gasteiger partial charge in [0.2, 0.25) is 0 Å². The molecule has 0 saturated carbocycles. The lowest BCUT2D eigenvalue weighted by atomic mass is 10.1. The summed E-state index contributed by atoms with van der Waals surface area (Å²) in [5.74, 6) is -0.369. The van der Waals surface area contributed by atoms with Crippen molar-refractivity contribution in [2.24, 2.45) is 0 Å². The van der Waals surface area contributed by atoms with Gasteiger partial charge in [-0.05, 0) is 128 Å². The van der Waals surface area contributed by atoms with E-state index in [-0.39, 0.29) is 32.2 Å². The third-order valence-electron chi connectivity index (χ3n) is 10.3. The standard InChI is InChI=1S/C62H98NO7P/c1-6-8-10-12-14-16-18-20-22-24-26-28-30-32-33-35-37-39-41-43-45-47-49-51-53-55-62(64)70-61(60-69-71(65,66)68-58-56-63(3,4)5)59-67-57-54-52-50-48-46-44-42-40-38-36-34-31-29-27-25-23-21-19-17-15-13-11-9-7-2/h8-11,14-17,20-23,26-29,32-34,36-37,39-40,42-43,45-46,48,61H,6-7,12-13,18-19,24-25,30-31,35,38,41,44,47,49-60H2,1-5H3/p+1/b10-8-,11-9-,16-14-,17-15-,22-20-,23-21-,28-26-,29-27-,33-32-,36-34-,39-37-,42-40-,45-43-,48-46-. The van der Waals surface area contributed by atoms with Crippen LogP contribution in [0, 0.1) is 0 Å². The van der Waals surface area contributed by atoms with Gasteiger partial charge in [0.05, 0.1) is 34.4 Å². The fourth-order valence-corrected chi connectivity index (χ4v) is 6.96. The zero-order chi connectivity index (χ0) is 51.9. The number of hydrogen-bond acceptors (Lipinski definition) is 6. The van der Waals surface area contributed by atoms with Crippen LogP contribution in [0.3, 0.4) is 0 Å². The van der Waals surface area contributed by atoms with Crippen LogP contribution < -0.4 is 0 Å². The van der Waals surface area contributed by atoms with Gasteiger partial charge in [-0.2, -0.15) is 0 Å². The summed E-state index contributed by atoms with van der Waals surface area (Å²) in [6, 6.07) is 0. The summed E-state index contributed by atoms with van der Waals surface area (Å²) in [6.45, 7) is 5.18. The second kappa shape index (κ2) is 52.2. The Kier molecular flexibility index (Phi) is 49.1. The van der Waals surface area contributed by atoms with Gasteiger partial charge in [-0.15, -0.1) is 0 Å². The van der Waals surface area contributed by atoms with Crippen LogP contribution in [0.15, 0.2) is 170 Å². The Morgan fingerprint density at radius 2 is 0.775 bits per heavy atom. The molecule has 0 spiro atoms. The van der Waals surface area contributed by atoms with Crippen molar-refractivity contribution in [2.75, 3.05) is 54.1 Å². The summed E-state index contributed by atoms with van der Waals surface area (Å²) < 4.78 is 35.1. The zero-order valence-corrected chi connectivity index (χ0v) is 46.0. The lowest BCUT2D eigenvalue weighted by molar-refractivity contribution is -0.870. The number of phosphoric ester groups is 1. The fraction of sp³-hybridized carbons (Fsp3) is 0.532. The van der Waals surface area contributed by atoms with E-state index >= 15 is 0 Å². The van der Waals surface area contributed by atoms with Gasteiger partial charge in [0, 0.05) is 13.0 Å². The molecule has 0 fully saturated rings. The van der Waals surface area contributed by atoms with Crippen molar-refractivity contribution in [2.45, 2.75) is 161 Å². The van der Waals surface area contributed by atoms with E-state index in [2.05, 4.69) is 184 Å². The smallest absolute Gasteiger partial charge is 0.457 e. The average Bonchev–Trinajstić information content (AvgIpc) is 3.33. The quantitative estimate of drug-likeness (QED) is 0.0213. The molecule has 71 heavy (non-hydrogen) atoms. The van der Waals surface area contributed by atoms with Gasteiger partial charge in [-0.3, -0.25) is 13.8 Å². The van der Waals surface area contributed by atoms with E-state index in [1.54, 1.807) is 0 Å². The SMILES string of the molecule is CC/C=C\C/C=C\C/C=C\C/C=C\C/C=C\C/C=C\C/C=C\CCCCCC(=O)OC(COCCCC/C=C\C/C=C\C/C=C\C/C=C\C/C=C\C/C=C\C/C=C\CC)COP(=O)(O)OCC[N+](C)(C)C. The summed E-state index contributed by atoms with van der Waals surface area (Å²) in [7, 11) is 1.58. The number of nitrogens with zero attached hydrogens (tertiary/aromatic N) is 1. The summed E-state index contributed by atoms with van der Waals surface area (Å²) in [5.41, 5.74) is 0. The van der Waals surface area contributed by atoms with Gasteiger partial charge in [-0.1, -0.05) is 190 Å². The highest BCUT2D eigenvalue weighted by Gasteiger charge is 2.26. The van der Waals surface area contributed by atoms with Gasteiger partial charge < -0.3 is 18.9 Å². The van der Waals surface area contributed by atoms with E-state index in [1.807, 2.05) is 21.1 Å². The van der Waals surface area contributed by atoms with Crippen molar-refractivity contribution in [3.05, 3.63) is 170 Å². The molecular weight excluding hydrogens is 902 g/mol. The van der Waals surface area contributed by atoms with Crippen LogP contribution in [-0.2, 0) is 27.9 Å². The molecule has 398 valence electrons. The van der Waals surface area contributed by atoms with Crippen molar-refractivity contribution >= 4 is 13.8 Å². The molecule has 0 aliphatic rings. The van der Waals surface area contributed by atoms with E-state index in [4.69, 9.17) is 18.5 Å². The molecule has 0 saturated heterocycles. The number of quaternary nitrogens is 1. The van der Waals surface area contributed by atoms with E-state index < -0.39 is 13.9 Å². The zero-order valence-electron chi connectivity index (χ0n) is 45.1. The molecule has 0 aromatic rings. The number of phosphoric acid groups is 1. The summed E-state index contributed by atoms with van der Waals surface area (Å²) in [4.78, 5) is 23.0. The van der Waals surface area contributed by atoms with Crippen molar-refractivity contribution in [1.29, 1.82) is 0 Å².